The number of methoxy groups -OCH3 is 1. The summed E-state index contributed by atoms with van der Waals surface area (Å²) in [5.74, 6) is -0.454. The van der Waals surface area contributed by atoms with E-state index in [9.17, 15) is 13.6 Å². The van der Waals surface area contributed by atoms with E-state index in [0.717, 1.165) is 72.6 Å². The van der Waals surface area contributed by atoms with Gasteiger partial charge in [-0.1, -0.05) is 45.8 Å². The first kappa shape index (κ1) is 33.8. The first-order valence-corrected chi connectivity index (χ1v) is 14.9. The Kier molecular flexibility index (Phi) is 14.4. The summed E-state index contributed by atoms with van der Waals surface area (Å²) in [6, 6.07) is 3.69. The van der Waals surface area contributed by atoms with Gasteiger partial charge in [0.1, 0.15) is 23.2 Å². The molecular weight excluding hydrogens is 544 g/mol. The van der Waals surface area contributed by atoms with Gasteiger partial charge in [-0.15, -0.1) is 0 Å². The van der Waals surface area contributed by atoms with Gasteiger partial charge in [-0.25, -0.2) is 18.7 Å². The van der Waals surface area contributed by atoms with Gasteiger partial charge in [0.05, 0.1) is 18.0 Å². The highest BCUT2D eigenvalue weighted by molar-refractivity contribution is 8.01. The van der Waals surface area contributed by atoms with Crippen molar-refractivity contribution in [3.63, 3.8) is 0 Å². The molecule has 1 amide bonds. The van der Waals surface area contributed by atoms with Crippen molar-refractivity contribution in [3.05, 3.63) is 65.0 Å². The zero-order valence-electron chi connectivity index (χ0n) is 24.9. The fraction of sp³-hybridized carbons (Fsp3) is 0.452. The van der Waals surface area contributed by atoms with Crippen LogP contribution in [0.15, 0.2) is 48.2 Å². The highest BCUT2D eigenvalue weighted by Gasteiger charge is 2.21. The van der Waals surface area contributed by atoms with Gasteiger partial charge in [0.25, 0.3) is 0 Å². The fourth-order valence-electron chi connectivity index (χ4n) is 4.33. The Hall–Kier alpha value is -3.40. The number of aromatic nitrogens is 2. The number of halogens is 2. The number of aryl methyl sites for hydroxylation is 1. The van der Waals surface area contributed by atoms with Gasteiger partial charge >= 0.3 is 0 Å². The molecule has 224 valence electrons. The van der Waals surface area contributed by atoms with Crippen LogP contribution in [0.1, 0.15) is 76.6 Å². The second-order valence-corrected chi connectivity index (χ2v) is 10.8. The number of nitrogens with two attached hydrogens (primary N) is 1. The molecule has 0 aliphatic rings. The van der Waals surface area contributed by atoms with E-state index in [1.165, 1.54) is 13.2 Å². The maximum atomic E-state index is 14.4. The van der Waals surface area contributed by atoms with Crippen LogP contribution >= 0.6 is 11.9 Å². The maximum absolute atomic E-state index is 14.4. The number of ether oxygens (including phenoxy) is 1. The van der Waals surface area contributed by atoms with Gasteiger partial charge in [-0.05, 0) is 69.2 Å². The lowest BCUT2D eigenvalue weighted by Crippen LogP contribution is -2.34. The number of carbonyl (C=O) groups is 1. The zero-order valence-corrected chi connectivity index (χ0v) is 25.7. The van der Waals surface area contributed by atoms with Gasteiger partial charge in [0.15, 0.2) is 0 Å². The van der Waals surface area contributed by atoms with Crippen LogP contribution in [0.3, 0.4) is 0 Å². The number of amides is 1. The number of nitrogen functional groups attached to an aromatic ring is 1. The summed E-state index contributed by atoms with van der Waals surface area (Å²) < 4.78 is 36.5. The third kappa shape index (κ3) is 10.2. The number of nitrogens with one attached hydrogen (secondary N) is 1. The predicted octanol–water partition coefficient (Wildman–Crippen LogP) is 8.13. The zero-order chi connectivity index (χ0) is 30.4. The number of hydrogen-bond donors (Lipinski definition) is 2. The molecule has 2 atom stereocenters. The van der Waals surface area contributed by atoms with Crippen LogP contribution in [0.5, 0.6) is 5.88 Å². The highest BCUT2D eigenvalue weighted by Crippen LogP contribution is 2.31. The van der Waals surface area contributed by atoms with E-state index in [0.29, 0.717) is 30.2 Å². The summed E-state index contributed by atoms with van der Waals surface area (Å²) in [7, 11) is 1.50. The number of nitrogens with zero attached hydrogens (tertiary/aromatic N) is 3. The summed E-state index contributed by atoms with van der Waals surface area (Å²) >= 11 is 1.09. The van der Waals surface area contributed by atoms with Crippen molar-refractivity contribution in [2.24, 2.45) is 0 Å². The molecule has 10 heteroatoms. The average Bonchev–Trinajstić information content (AvgIpc) is 2.95. The summed E-state index contributed by atoms with van der Waals surface area (Å²) in [5.41, 5.74) is 9.90. The molecule has 0 fully saturated rings. The molecule has 0 bridgehead atoms. The van der Waals surface area contributed by atoms with Crippen molar-refractivity contribution in [1.82, 2.24) is 9.97 Å². The van der Waals surface area contributed by atoms with Crippen LogP contribution in [0.4, 0.5) is 26.0 Å². The van der Waals surface area contributed by atoms with E-state index in [1.807, 2.05) is 25.1 Å². The number of pyridine rings is 2. The van der Waals surface area contributed by atoms with E-state index >= 15 is 0 Å². The van der Waals surface area contributed by atoms with Crippen molar-refractivity contribution >= 4 is 41.6 Å². The Labute approximate surface area is 247 Å². The molecule has 7 nitrogen and oxygen atoms in total. The number of rotatable bonds is 17. The summed E-state index contributed by atoms with van der Waals surface area (Å²) in [4.78, 5) is 22.8. The number of unbranched alkanes of at least 4 members (excludes halogenated alkanes) is 1. The molecule has 0 spiro atoms. The molecule has 2 rings (SSSR count). The summed E-state index contributed by atoms with van der Waals surface area (Å²) in [5, 5.41) is -0.639. The first-order valence-electron chi connectivity index (χ1n) is 14.0. The smallest absolute Gasteiger partial charge is 0.237 e. The number of anilines is 3. The average molecular weight is 588 g/mol. The normalized spacial score (nSPS) is 13.8. The predicted molar refractivity (Wildman–Crippen MR) is 168 cm³/mol. The molecule has 3 N–H and O–H groups in total. The molecule has 0 saturated carbocycles. The van der Waals surface area contributed by atoms with E-state index in [-0.39, 0.29) is 6.04 Å². The molecule has 0 aromatic carbocycles. The van der Waals surface area contributed by atoms with Crippen LogP contribution in [-0.2, 0) is 11.2 Å². The molecule has 2 heterocycles. The Balaban J connectivity index is 2.27. The Bertz CT molecular complexity index is 1240. The van der Waals surface area contributed by atoms with Gasteiger partial charge in [-0.3, -0.25) is 4.79 Å². The molecule has 0 aliphatic heterocycles. The molecular formula is C31H43F2N5O2S. The monoisotopic (exact) mass is 587 g/mol. The third-order valence-electron chi connectivity index (χ3n) is 6.58. The minimum atomic E-state index is -0.639. The minimum absolute atomic E-state index is 0.0783. The molecule has 0 aliphatic carbocycles. The van der Waals surface area contributed by atoms with E-state index in [4.69, 9.17) is 10.5 Å². The van der Waals surface area contributed by atoms with Crippen LogP contribution in [0.2, 0.25) is 0 Å². The third-order valence-corrected chi connectivity index (χ3v) is 7.50. The lowest BCUT2D eigenvalue weighted by atomic mass is 10.0. The van der Waals surface area contributed by atoms with Gasteiger partial charge < -0.3 is 20.1 Å². The molecule has 0 radical (unpaired) electrons. The molecule has 2 unspecified atom stereocenters. The topological polar surface area (TPSA) is 93.4 Å². The van der Waals surface area contributed by atoms with Crippen molar-refractivity contribution in [1.29, 1.82) is 0 Å². The van der Waals surface area contributed by atoms with Gasteiger partial charge in [0, 0.05) is 35.6 Å². The standard InChI is InChI=1S/C31H43F2N5O2S/c1-7-10-14-25(9-3)38(20-39)29-18-30(34)36-21(4)26(29)15-11-13-23-16-28(31(40-6)35-19-23)37-41-22(5)27(33)17-24(32)12-8-2/h11-13,16-20,22,25,37H,7-10,14-15H2,1-6H3,(H2,34,36)/b13-11+,24-12+,27-17+. The molecule has 41 heavy (non-hydrogen) atoms. The first-order chi connectivity index (χ1) is 19.7. The number of hydrogen-bond acceptors (Lipinski definition) is 7. The van der Waals surface area contributed by atoms with E-state index in [1.54, 1.807) is 31.0 Å². The van der Waals surface area contributed by atoms with Crippen molar-refractivity contribution < 1.29 is 18.3 Å². The molecule has 0 saturated heterocycles. The van der Waals surface area contributed by atoms with Gasteiger partial charge in [0.2, 0.25) is 12.3 Å². The number of allylic oxidation sites excluding steroid dienone is 4. The van der Waals surface area contributed by atoms with Crippen LogP contribution in [-0.4, -0.2) is 34.8 Å². The lowest BCUT2D eigenvalue weighted by Gasteiger charge is -2.30. The maximum Gasteiger partial charge on any atom is 0.237 e. The van der Waals surface area contributed by atoms with E-state index in [2.05, 4.69) is 28.5 Å². The largest absolute Gasteiger partial charge is 0.480 e. The van der Waals surface area contributed by atoms with Crippen LogP contribution in [0, 0.1) is 6.92 Å². The molecule has 2 aromatic rings. The summed E-state index contributed by atoms with van der Waals surface area (Å²) in [6.45, 7) is 9.54. The molecule has 2 aromatic heterocycles. The number of carbonyl (C=O) groups excluding carboxylic acids is 1. The fourth-order valence-corrected chi connectivity index (χ4v) is 4.96. The Morgan fingerprint density at radius 3 is 2.66 bits per heavy atom. The highest BCUT2D eigenvalue weighted by atomic mass is 32.2. The van der Waals surface area contributed by atoms with Crippen molar-refractivity contribution in [2.75, 3.05) is 22.5 Å². The van der Waals surface area contributed by atoms with Crippen LogP contribution in [0.25, 0.3) is 6.08 Å². The quantitative estimate of drug-likeness (QED) is 0.110. The SMILES string of the molecule is CC/C=C(F)\C=C(\F)C(C)SNc1cc(/C=C/Cc2c(N(C=O)C(CC)CCCC)cc(N)nc2C)cnc1OC. The summed E-state index contributed by atoms with van der Waals surface area (Å²) in [6.07, 6.45) is 13.5. The van der Waals surface area contributed by atoms with E-state index < -0.39 is 16.9 Å². The second-order valence-electron chi connectivity index (χ2n) is 9.67. The Morgan fingerprint density at radius 1 is 1.27 bits per heavy atom. The second kappa shape index (κ2) is 17.4. The Morgan fingerprint density at radius 2 is 2.02 bits per heavy atom. The van der Waals surface area contributed by atoms with Crippen LogP contribution < -0.4 is 20.1 Å². The minimum Gasteiger partial charge on any atom is -0.480 e. The van der Waals surface area contributed by atoms with Gasteiger partial charge in [-0.2, -0.15) is 0 Å². The van der Waals surface area contributed by atoms with Crippen molar-refractivity contribution in [3.8, 4) is 5.88 Å². The lowest BCUT2D eigenvalue weighted by molar-refractivity contribution is -0.107. The van der Waals surface area contributed by atoms with Crippen molar-refractivity contribution in [2.45, 2.75) is 84.4 Å².